The van der Waals surface area contributed by atoms with E-state index in [0.717, 1.165) is 17.1 Å². The molecular weight excluding hydrogens is 683 g/mol. The maximum absolute atomic E-state index is 2.47. The molecule has 2 heteroatoms. The average molecular weight is 720 g/mol. The summed E-state index contributed by atoms with van der Waals surface area (Å²) in [6.45, 7) is 4.73. The normalized spacial score (nSPS) is 13.1. The predicted octanol–water partition coefficient (Wildman–Crippen LogP) is 15.5. The highest BCUT2D eigenvalue weighted by Gasteiger charge is 2.35. The maximum Gasteiger partial charge on any atom is 0.0476 e. The van der Waals surface area contributed by atoms with E-state index >= 15 is 0 Å². The first-order valence-corrected chi connectivity index (χ1v) is 19.9. The van der Waals surface area contributed by atoms with Crippen LogP contribution in [0.1, 0.15) is 25.0 Å². The highest BCUT2D eigenvalue weighted by molar-refractivity contribution is 7.26. The molecule has 0 amide bonds. The van der Waals surface area contributed by atoms with Gasteiger partial charge in [0.1, 0.15) is 0 Å². The molecule has 1 nitrogen and oxygen atoms in total. The molecule has 11 rings (SSSR count). The molecule has 0 fully saturated rings. The van der Waals surface area contributed by atoms with Crippen molar-refractivity contribution >= 4 is 70.1 Å². The summed E-state index contributed by atoms with van der Waals surface area (Å²) in [5.74, 6) is 0. The van der Waals surface area contributed by atoms with E-state index in [-0.39, 0.29) is 5.41 Å². The fraction of sp³-hybridized carbons (Fsp3) is 0.0566. The summed E-state index contributed by atoms with van der Waals surface area (Å²) in [4.78, 5) is 2.47. The van der Waals surface area contributed by atoms with Gasteiger partial charge >= 0.3 is 0 Å². The van der Waals surface area contributed by atoms with Crippen LogP contribution in [-0.2, 0) is 5.41 Å². The quantitative estimate of drug-likeness (QED) is 0.171. The van der Waals surface area contributed by atoms with E-state index in [2.05, 4.69) is 207 Å². The molecular formula is C53H37NS. The fourth-order valence-electron chi connectivity index (χ4n) is 9.20. The summed E-state index contributed by atoms with van der Waals surface area (Å²) in [5.41, 5.74) is 13.7. The van der Waals surface area contributed by atoms with Gasteiger partial charge in [-0.05, 0) is 109 Å². The van der Waals surface area contributed by atoms with Crippen molar-refractivity contribution in [1.29, 1.82) is 0 Å². The standard InChI is InChI=1S/C53H37NS/c1-53(2)47-24-9-8-21-44(47)45-28-26-39(32-48(45)53)54(40-27-29-46-50(33-40)55-49-30-25-35-15-6-7-20-42(35)52(46)49)38-19-10-18-37(31-38)43-23-12-17-36-16-11-22-41(51(36)43)34-13-4-3-5-14-34/h3-33H,1-2H3. The van der Waals surface area contributed by atoms with E-state index in [9.17, 15) is 0 Å². The van der Waals surface area contributed by atoms with Gasteiger partial charge in [-0.1, -0.05) is 159 Å². The summed E-state index contributed by atoms with van der Waals surface area (Å²) in [7, 11) is 0. The van der Waals surface area contributed by atoms with E-state index in [4.69, 9.17) is 0 Å². The zero-order chi connectivity index (χ0) is 36.7. The first-order chi connectivity index (χ1) is 27.0. The van der Waals surface area contributed by atoms with Crippen LogP contribution in [0.4, 0.5) is 17.1 Å². The highest BCUT2D eigenvalue weighted by atomic mass is 32.1. The third-order valence-corrected chi connectivity index (χ3v) is 13.0. The highest BCUT2D eigenvalue weighted by Crippen LogP contribution is 2.51. The van der Waals surface area contributed by atoms with Crippen molar-refractivity contribution in [2.45, 2.75) is 19.3 Å². The third kappa shape index (κ3) is 4.99. The van der Waals surface area contributed by atoms with Crippen LogP contribution >= 0.6 is 11.3 Å². The lowest BCUT2D eigenvalue weighted by molar-refractivity contribution is 0.660. The van der Waals surface area contributed by atoms with Crippen LogP contribution in [0.15, 0.2) is 188 Å². The smallest absolute Gasteiger partial charge is 0.0476 e. The molecule has 260 valence electrons. The van der Waals surface area contributed by atoms with Crippen LogP contribution < -0.4 is 4.90 Å². The first-order valence-electron chi connectivity index (χ1n) is 19.1. The van der Waals surface area contributed by atoms with Gasteiger partial charge in [0, 0.05) is 42.6 Å². The van der Waals surface area contributed by atoms with E-state index in [1.165, 1.54) is 86.2 Å². The van der Waals surface area contributed by atoms with Gasteiger partial charge in [0.25, 0.3) is 0 Å². The van der Waals surface area contributed by atoms with Crippen molar-refractivity contribution < 1.29 is 0 Å². The molecule has 0 saturated carbocycles. The minimum atomic E-state index is -0.108. The van der Waals surface area contributed by atoms with Gasteiger partial charge in [0.2, 0.25) is 0 Å². The van der Waals surface area contributed by atoms with Crippen molar-refractivity contribution in [3.8, 4) is 33.4 Å². The van der Waals surface area contributed by atoms with Crippen molar-refractivity contribution in [2.24, 2.45) is 0 Å². The van der Waals surface area contributed by atoms with Crippen molar-refractivity contribution in [2.75, 3.05) is 4.90 Å². The number of thiophene rings is 1. The van der Waals surface area contributed by atoms with Crippen molar-refractivity contribution in [3.63, 3.8) is 0 Å². The summed E-state index contributed by atoms with van der Waals surface area (Å²) in [6.07, 6.45) is 0. The van der Waals surface area contributed by atoms with Gasteiger partial charge in [-0.2, -0.15) is 0 Å². The largest absolute Gasteiger partial charge is 0.310 e. The van der Waals surface area contributed by atoms with Crippen LogP contribution in [0.5, 0.6) is 0 Å². The Balaban J connectivity index is 1.12. The van der Waals surface area contributed by atoms with Gasteiger partial charge in [-0.3, -0.25) is 0 Å². The third-order valence-electron chi connectivity index (χ3n) is 11.8. The van der Waals surface area contributed by atoms with Crippen LogP contribution in [0, 0.1) is 0 Å². The lowest BCUT2D eigenvalue weighted by Crippen LogP contribution is -2.16. The molecule has 0 aliphatic heterocycles. The van der Waals surface area contributed by atoms with Crippen LogP contribution in [0.3, 0.4) is 0 Å². The van der Waals surface area contributed by atoms with Crippen molar-refractivity contribution in [3.05, 3.63) is 199 Å². The lowest BCUT2D eigenvalue weighted by Gasteiger charge is -2.28. The molecule has 9 aromatic carbocycles. The van der Waals surface area contributed by atoms with E-state index in [1.54, 1.807) is 0 Å². The van der Waals surface area contributed by atoms with Gasteiger partial charge in [0.15, 0.2) is 0 Å². The summed E-state index contributed by atoms with van der Waals surface area (Å²) in [6, 6.07) is 69.6. The molecule has 0 unspecified atom stereocenters. The number of benzene rings is 9. The fourth-order valence-corrected chi connectivity index (χ4v) is 10.4. The van der Waals surface area contributed by atoms with Crippen molar-refractivity contribution in [1.82, 2.24) is 0 Å². The number of nitrogens with zero attached hydrogens (tertiary/aromatic N) is 1. The summed E-state index contributed by atoms with van der Waals surface area (Å²) < 4.78 is 2.61. The Kier molecular flexibility index (Phi) is 7.14. The van der Waals surface area contributed by atoms with Gasteiger partial charge in [-0.25, -0.2) is 0 Å². The Morgan fingerprint density at radius 2 is 1.02 bits per heavy atom. The van der Waals surface area contributed by atoms with Crippen LogP contribution in [-0.4, -0.2) is 0 Å². The molecule has 1 aliphatic carbocycles. The Labute approximate surface area is 325 Å². The summed E-state index contributed by atoms with van der Waals surface area (Å²) in [5, 5.41) is 7.77. The van der Waals surface area contributed by atoms with Gasteiger partial charge < -0.3 is 4.90 Å². The molecule has 1 aromatic heterocycles. The lowest BCUT2D eigenvalue weighted by atomic mass is 9.82. The van der Waals surface area contributed by atoms with E-state index in [0.29, 0.717) is 0 Å². The van der Waals surface area contributed by atoms with Gasteiger partial charge in [0.05, 0.1) is 0 Å². The topological polar surface area (TPSA) is 3.24 Å². The number of fused-ring (bicyclic) bond motifs is 9. The molecule has 0 bridgehead atoms. The monoisotopic (exact) mass is 719 g/mol. The second kappa shape index (κ2) is 12.3. The SMILES string of the molecule is CC1(C)c2ccccc2-c2ccc(N(c3cccc(-c4cccc5cccc(-c6ccccc6)c45)c3)c3ccc4c(c3)sc3ccc5ccccc5c34)cc21. The second-order valence-electron chi connectivity index (χ2n) is 15.3. The molecule has 1 heterocycles. The van der Waals surface area contributed by atoms with E-state index in [1.807, 2.05) is 11.3 Å². The van der Waals surface area contributed by atoms with Crippen LogP contribution in [0.25, 0.3) is 75.1 Å². The Morgan fingerprint density at radius 1 is 0.382 bits per heavy atom. The molecule has 55 heavy (non-hydrogen) atoms. The minimum absolute atomic E-state index is 0.108. The average Bonchev–Trinajstić information content (AvgIpc) is 3.72. The second-order valence-corrected chi connectivity index (χ2v) is 16.4. The molecule has 10 aromatic rings. The Hall–Kier alpha value is -6.48. The molecule has 1 aliphatic rings. The first kappa shape index (κ1) is 32.0. The number of hydrogen-bond donors (Lipinski definition) is 0. The molecule has 0 atom stereocenters. The number of anilines is 3. The van der Waals surface area contributed by atoms with Gasteiger partial charge in [-0.15, -0.1) is 11.3 Å². The number of rotatable bonds is 5. The number of hydrogen-bond acceptors (Lipinski definition) is 2. The Morgan fingerprint density at radius 3 is 1.89 bits per heavy atom. The van der Waals surface area contributed by atoms with E-state index < -0.39 is 0 Å². The summed E-state index contributed by atoms with van der Waals surface area (Å²) >= 11 is 1.88. The predicted molar refractivity (Wildman–Crippen MR) is 237 cm³/mol. The zero-order valence-electron chi connectivity index (χ0n) is 30.8. The maximum atomic E-state index is 2.47. The molecule has 0 radical (unpaired) electrons. The minimum Gasteiger partial charge on any atom is -0.310 e. The zero-order valence-corrected chi connectivity index (χ0v) is 31.6. The molecule has 0 N–H and O–H groups in total. The van der Waals surface area contributed by atoms with Crippen LogP contribution in [0.2, 0.25) is 0 Å². The molecule has 0 saturated heterocycles. The Bertz CT molecular complexity index is 3130. The molecule has 0 spiro atoms.